The molecule has 1 saturated carbocycles. The van der Waals surface area contributed by atoms with Gasteiger partial charge in [0.1, 0.15) is 0 Å². The number of nitrogens with one attached hydrogen (secondary N) is 1. The fourth-order valence-electron chi connectivity index (χ4n) is 2.03. The monoisotopic (exact) mass is 254 g/mol. The molecular formula is C11H18N4O3. The molecule has 1 aromatic rings. The van der Waals surface area contributed by atoms with Gasteiger partial charge in [-0.1, -0.05) is 12.8 Å². The molecule has 100 valence electrons. The van der Waals surface area contributed by atoms with Crippen molar-refractivity contribution in [3.05, 3.63) is 0 Å². The van der Waals surface area contributed by atoms with Crippen LogP contribution in [0.3, 0.4) is 0 Å². The fourth-order valence-corrected chi connectivity index (χ4v) is 2.03. The van der Waals surface area contributed by atoms with Crippen molar-refractivity contribution in [1.29, 1.82) is 0 Å². The van der Waals surface area contributed by atoms with Gasteiger partial charge >= 0.3 is 12.0 Å². The number of anilines is 1. The van der Waals surface area contributed by atoms with Gasteiger partial charge in [-0.25, -0.2) is 0 Å². The highest BCUT2D eigenvalue weighted by Crippen LogP contribution is 2.22. The van der Waals surface area contributed by atoms with Gasteiger partial charge in [0, 0.05) is 0 Å². The number of nitrogens with zero attached hydrogens (tertiary/aromatic N) is 3. The van der Waals surface area contributed by atoms with Crippen molar-refractivity contribution in [3.8, 4) is 12.0 Å². The predicted octanol–water partition coefficient (Wildman–Crippen LogP) is 0.604. The van der Waals surface area contributed by atoms with Crippen LogP contribution in [0.2, 0.25) is 0 Å². The zero-order valence-corrected chi connectivity index (χ0v) is 10.6. The van der Waals surface area contributed by atoms with E-state index in [1.54, 1.807) is 0 Å². The average molecular weight is 254 g/mol. The molecule has 2 N–H and O–H groups in total. The number of aliphatic hydroxyl groups is 1. The Morgan fingerprint density at radius 1 is 1.06 bits per heavy atom. The summed E-state index contributed by atoms with van der Waals surface area (Å²) in [6.45, 7) is 0. The molecule has 0 radical (unpaired) electrons. The van der Waals surface area contributed by atoms with E-state index in [0.717, 1.165) is 25.7 Å². The topological polar surface area (TPSA) is 89.4 Å². The van der Waals surface area contributed by atoms with Crippen LogP contribution in [0.1, 0.15) is 25.7 Å². The van der Waals surface area contributed by atoms with Gasteiger partial charge in [0.2, 0.25) is 5.95 Å². The molecular weight excluding hydrogens is 236 g/mol. The van der Waals surface area contributed by atoms with E-state index < -0.39 is 0 Å². The lowest BCUT2D eigenvalue weighted by Crippen LogP contribution is -2.36. The summed E-state index contributed by atoms with van der Waals surface area (Å²) in [5, 5.41) is 13.0. The highest BCUT2D eigenvalue weighted by atomic mass is 16.5. The van der Waals surface area contributed by atoms with Crippen LogP contribution in [0.25, 0.3) is 0 Å². The molecule has 1 aromatic heterocycles. The van der Waals surface area contributed by atoms with Gasteiger partial charge in [-0.2, -0.15) is 9.97 Å². The second kappa shape index (κ2) is 5.81. The largest absolute Gasteiger partial charge is 0.467 e. The third-order valence-corrected chi connectivity index (χ3v) is 3.00. The minimum Gasteiger partial charge on any atom is -0.467 e. The first-order valence-electron chi connectivity index (χ1n) is 6.01. The maximum absolute atomic E-state index is 9.89. The lowest BCUT2D eigenvalue weighted by atomic mass is 9.93. The first-order valence-corrected chi connectivity index (χ1v) is 6.01. The summed E-state index contributed by atoms with van der Waals surface area (Å²) in [6, 6.07) is 0.347. The molecule has 1 heterocycles. The predicted molar refractivity (Wildman–Crippen MR) is 64.8 cm³/mol. The molecule has 1 fully saturated rings. The lowest BCUT2D eigenvalue weighted by molar-refractivity contribution is 0.116. The highest BCUT2D eigenvalue weighted by Gasteiger charge is 2.24. The molecule has 0 amide bonds. The van der Waals surface area contributed by atoms with Crippen LogP contribution in [-0.4, -0.2) is 46.4 Å². The van der Waals surface area contributed by atoms with Crippen LogP contribution >= 0.6 is 0 Å². The first-order chi connectivity index (χ1) is 8.72. The van der Waals surface area contributed by atoms with Gasteiger partial charge in [0.25, 0.3) is 0 Å². The maximum Gasteiger partial charge on any atom is 0.324 e. The van der Waals surface area contributed by atoms with Crippen LogP contribution in [0.5, 0.6) is 12.0 Å². The number of hydrogen-bond acceptors (Lipinski definition) is 7. The van der Waals surface area contributed by atoms with Gasteiger partial charge in [-0.3, -0.25) is 0 Å². The third-order valence-electron chi connectivity index (χ3n) is 3.00. The summed E-state index contributed by atoms with van der Waals surface area (Å²) in [7, 11) is 2.96. The van der Waals surface area contributed by atoms with Gasteiger partial charge in [-0.05, 0) is 12.8 Å². The van der Waals surface area contributed by atoms with Gasteiger partial charge < -0.3 is 19.9 Å². The summed E-state index contributed by atoms with van der Waals surface area (Å²) in [6.07, 6.45) is 3.48. The van der Waals surface area contributed by atoms with Gasteiger partial charge in [0.15, 0.2) is 0 Å². The zero-order chi connectivity index (χ0) is 13.0. The Hall–Kier alpha value is -1.63. The number of methoxy groups -OCH3 is 2. The third kappa shape index (κ3) is 2.98. The van der Waals surface area contributed by atoms with Crippen molar-refractivity contribution in [2.45, 2.75) is 37.8 Å². The standard InChI is InChI=1S/C11H18N4O3/c1-17-10-13-9(14-11(15-10)18-2)12-7-5-3-4-6-8(7)16/h7-8,16H,3-6H2,1-2H3,(H,12,13,14,15). The van der Waals surface area contributed by atoms with Crippen LogP contribution in [0.4, 0.5) is 5.95 Å². The summed E-state index contributed by atoms with van der Waals surface area (Å²) in [5.74, 6) is 0.365. The summed E-state index contributed by atoms with van der Waals surface area (Å²) >= 11 is 0. The SMILES string of the molecule is COc1nc(NC2CCCCC2O)nc(OC)n1. The van der Waals surface area contributed by atoms with Crippen molar-refractivity contribution in [2.24, 2.45) is 0 Å². The Morgan fingerprint density at radius 3 is 2.22 bits per heavy atom. The molecule has 0 bridgehead atoms. The summed E-state index contributed by atoms with van der Waals surface area (Å²) in [4.78, 5) is 12.1. The molecule has 7 nitrogen and oxygen atoms in total. The van der Waals surface area contributed by atoms with Crippen LogP contribution < -0.4 is 14.8 Å². The van der Waals surface area contributed by atoms with E-state index in [4.69, 9.17) is 9.47 Å². The summed E-state index contributed by atoms with van der Waals surface area (Å²) < 4.78 is 9.94. The van der Waals surface area contributed by atoms with Crippen molar-refractivity contribution < 1.29 is 14.6 Å². The van der Waals surface area contributed by atoms with Crippen molar-refractivity contribution >= 4 is 5.95 Å². The molecule has 0 saturated heterocycles. The van der Waals surface area contributed by atoms with Crippen LogP contribution in [0.15, 0.2) is 0 Å². The number of aliphatic hydroxyl groups excluding tert-OH is 1. The molecule has 0 aliphatic heterocycles. The molecule has 1 aliphatic rings. The molecule has 2 rings (SSSR count). The van der Waals surface area contributed by atoms with Crippen molar-refractivity contribution in [2.75, 3.05) is 19.5 Å². The van der Waals surface area contributed by atoms with Crippen LogP contribution in [-0.2, 0) is 0 Å². The van der Waals surface area contributed by atoms with Crippen molar-refractivity contribution in [1.82, 2.24) is 15.0 Å². The smallest absolute Gasteiger partial charge is 0.324 e. The number of hydrogen-bond donors (Lipinski definition) is 2. The second-order valence-electron chi connectivity index (χ2n) is 4.24. The Labute approximate surface area is 106 Å². The van der Waals surface area contributed by atoms with Crippen molar-refractivity contribution in [3.63, 3.8) is 0 Å². The molecule has 18 heavy (non-hydrogen) atoms. The molecule has 7 heteroatoms. The molecule has 1 aliphatic carbocycles. The molecule has 0 spiro atoms. The number of aromatic nitrogens is 3. The number of rotatable bonds is 4. The average Bonchev–Trinajstić information content (AvgIpc) is 2.41. The van der Waals surface area contributed by atoms with E-state index in [1.807, 2.05) is 0 Å². The highest BCUT2D eigenvalue weighted by molar-refractivity contribution is 5.29. The first kappa shape index (κ1) is 12.8. The zero-order valence-electron chi connectivity index (χ0n) is 10.6. The molecule has 0 aromatic carbocycles. The van der Waals surface area contributed by atoms with E-state index in [1.165, 1.54) is 14.2 Å². The van der Waals surface area contributed by atoms with E-state index in [-0.39, 0.29) is 24.2 Å². The van der Waals surface area contributed by atoms with E-state index in [0.29, 0.717) is 5.95 Å². The van der Waals surface area contributed by atoms with Crippen LogP contribution in [0, 0.1) is 0 Å². The number of ether oxygens (including phenoxy) is 2. The van der Waals surface area contributed by atoms with Gasteiger partial charge in [0.05, 0.1) is 26.4 Å². The van der Waals surface area contributed by atoms with E-state index in [9.17, 15) is 5.11 Å². The molecule has 2 unspecified atom stereocenters. The Balaban J connectivity index is 2.12. The normalized spacial score (nSPS) is 23.5. The fraction of sp³-hybridized carbons (Fsp3) is 0.727. The van der Waals surface area contributed by atoms with E-state index in [2.05, 4.69) is 20.3 Å². The Morgan fingerprint density at radius 2 is 1.67 bits per heavy atom. The summed E-state index contributed by atoms with van der Waals surface area (Å²) in [5.41, 5.74) is 0. The quantitative estimate of drug-likeness (QED) is 0.813. The Bertz CT molecular complexity index is 380. The maximum atomic E-state index is 9.89. The minimum atomic E-state index is -0.368. The lowest BCUT2D eigenvalue weighted by Gasteiger charge is -2.28. The molecule has 2 atom stereocenters. The van der Waals surface area contributed by atoms with Gasteiger partial charge in [-0.15, -0.1) is 4.98 Å². The Kier molecular flexibility index (Phi) is 4.14. The second-order valence-corrected chi connectivity index (χ2v) is 4.24. The van der Waals surface area contributed by atoms with E-state index >= 15 is 0 Å². The minimum absolute atomic E-state index is 0.0319.